The lowest BCUT2D eigenvalue weighted by atomic mass is 9.98. The molecule has 6 heteroatoms. The predicted molar refractivity (Wildman–Crippen MR) is 115 cm³/mol. The maximum Gasteiger partial charge on any atom is 0.154 e. The Balaban J connectivity index is 1.96. The molecule has 3 N–H and O–H groups in total. The minimum atomic E-state index is -0.503. The average molecular weight is 423 g/mol. The van der Waals surface area contributed by atoms with E-state index in [1.165, 1.54) is 0 Å². The van der Waals surface area contributed by atoms with Crippen molar-refractivity contribution in [2.24, 2.45) is 0 Å². The highest BCUT2D eigenvalue weighted by molar-refractivity contribution is 6.33. The lowest BCUT2D eigenvalue weighted by Crippen LogP contribution is -2.15. The number of hydrogen-bond donors (Lipinski definition) is 3. The quantitative estimate of drug-likeness (QED) is 0.295. The van der Waals surface area contributed by atoms with Crippen molar-refractivity contribution in [1.82, 2.24) is 0 Å². The zero-order chi connectivity index (χ0) is 21.9. The zero-order valence-corrected chi connectivity index (χ0v) is 18.5. The highest BCUT2D eigenvalue weighted by Crippen LogP contribution is 2.41. The summed E-state index contributed by atoms with van der Waals surface area (Å²) >= 11 is 6.08. The third kappa shape index (κ3) is 5.62. The molecule has 1 aromatic carbocycles. The molecule has 1 aliphatic rings. The summed E-state index contributed by atoms with van der Waals surface area (Å²) in [5, 5.41) is 30.9. The maximum atomic E-state index is 11.2. The van der Waals surface area contributed by atoms with Gasteiger partial charge in [-0.05, 0) is 65.0 Å². The zero-order valence-electron chi connectivity index (χ0n) is 17.8. The van der Waals surface area contributed by atoms with Gasteiger partial charge in [-0.1, -0.05) is 29.3 Å². The highest BCUT2D eigenvalue weighted by atomic mass is 35.5. The van der Waals surface area contributed by atoms with E-state index in [0.29, 0.717) is 18.3 Å². The molecule has 1 heterocycles. The fourth-order valence-corrected chi connectivity index (χ4v) is 3.53. The smallest absolute Gasteiger partial charge is 0.154 e. The van der Waals surface area contributed by atoms with E-state index in [1.807, 2.05) is 39.8 Å². The number of rotatable bonds is 9. The molecule has 1 fully saturated rings. The number of carbonyl (C=O) groups is 1. The van der Waals surface area contributed by atoms with Crippen LogP contribution in [0, 0.1) is 6.92 Å². The van der Waals surface area contributed by atoms with Crippen molar-refractivity contribution in [3.05, 3.63) is 45.0 Å². The van der Waals surface area contributed by atoms with Crippen LogP contribution in [-0.4, -0.2) is 39.4 Å². The molecule has 2 atom stereocenters. The topological polar surface area (TPSA) is 90.3 Å². The SMILES string of the molecule is C/C(=C\Cc1c(O)c(Cl)c(C)c(C=O)c1O)CC/C=C(\C)[C@@H](O)C[C@@H]1OC1(C)C. The number of hydrogen-bond acceptors (Lipinski definition) is 5. The third-order valence-corrected chi connectivity index (χ3v) is 6.14. The number of phenolic OH excluding ortho intramolecular Hbond substituents is 2. The van der Waals surface area contributed by atoms with Crippen molar-refractivity contribution in [1.29, 1.82) is 0 Å². The van der Waals surface area contributed by atoms with Crippen molar-refractivity contribution in [3.8, 4) is 11.5 Å². The normalized spacial score (nSPS) is 19.9. The van der Waals surface area contributed by atoms with Crippen LogP contribution in [-0.2, 0) is 11.2 Å². The van der Waals surface area contributed by atoms with Gasteiger partial charge in [0.15, 0.2) is 6.29 Å². The fourth-order valence-electron chi connectivity index (χ4n) is 3.31. The predicted octanol–water partition coefficient (Wildman–Crippen LogP) is 5.02. The number of allylic oxidation sites excluding steroid dienone is 3. The van der Waals surface area contributed by atoms with E-state index in [0.717, 1.165) is 24.0 Å². The van der Waals surface area contributed by atoms with E-state index in [4.69, 9.17) is 16.3 Å². The van der Waals surface area contributed by atoms with Gasteiger partial charge >= 0.3 is 0 Å². The van der Waals surface area contributed by atoms with Crippen LogP contribution in [0.5, 0.6) is 11.5 Å². The van der Waals surface area contributed by atoms with Gasteiger partial charge in [-0.15, -0.1) is 0 Å². The number of aliphatic hydroxyl groups is 1. The standard InChI is InChI=1S/C23H31ClO5/c1-13(7-6-8-14(2)18(26)11-19-23(4,5)29-19)9-10-16-21(27)17(12-25)15(3)20(24)22(16)28/h8-9,12,18-19,26-28H,6-7,10-11H2,1-5H3/b13-9+,14-8+/t18-,19-/m0/s1. The summed E-state index contributed by atoms with van der Waals surface area (Å²) in [4.78, 5) is 11.2. The summed E-state index contributed by atoms with van der Waals surface area (Å²) in [6.45, 7) is 9.50. The summed E-state index contributed by atoms with van der Waals surface area (Å²) in [5.74, 6) is -0.423. The first-order valence-electron chi connectivity index (χ1n) is 9.85. The first kappa shape index (κ1) is 23.5. The van der Waals surface area contributed by atoms with Gasteiger partial charge in [-0.25, -0.2) is 0 Å². The van der Waals surface area contributed by atoms with Crippen LogP contribution in [0.4, 0.5) is 0 Å². The Labute approximate surface area is 177 Å². The molecule has 0 saturated carbocycles. The van der Waals surface area contributed by atoms with Crippen LogP contribution >= 0.6 is 11.6 Å². The van der Waals surface area contributed by atoms with Crippen LogP contribution in [0.1, 0.15) is 68.4 Å². The number of ether oxygens (including phenoxy) is 1. The van der Waals surface area contributed by atoms with Crippen LogP contribution in [0.25, 0.3) is 0 Å². The molecule has 1 aromatic rings. The Kier molecular flexibility index (Phi) is 7.55. The molecular weight excluding hydrogens is 392 g/mol. The molecule has 0 spiro atoms. The Bertz CT molecular complexity index is 838. The van der Waals surface area contributed by atoms with Crippen LogP contribution in [0.2, 0.25) is 5.02 Å². The fraction of sp³-hybridized carbons (Fsp3) is 0.522. The van der Waals surface area contributed by atoms with E-state index in [-0.39, 0.29) is 45.8 Å². The summed E-state index contributed by atoms with van der Waals surface area (Å²) in [6, 6.07) is 0. The van der Waals surface area contributed by atoms with Crippen LogP contribution in [0.15, 0.2) is 23.3 Å². The summed E-state index contributed by atoms with van der Waals surface area (Å²) in [6.07, 6.45) is 6.50. The molecule has 5 nitrogen and oxygen atoms in total. The Morgan fingerprint density at radius 2 is 1.86 bits per heavy atom. The first-order valence-corrected chi connectivity index (χ1v) is 10.2. The second-order valence-corrected chi connectivity index (χ2v) is 8.73. The Morgan fingerprint density at radius 3 is 2.41 bits per heavy atom. The average Bonchev–Trinajstić information content (AvgIpc) is 3.25. The van der Waals surface area contributed by atoms with E-state index in [2.05, 4.69) is 0 Å². The van der Waals surface area contributed by atoms with Crippen molar-refractivity contribution < 1.29 is 24.9 Å². The molecule has 0 unspecified atom stereocenters. The molecule has 0 radical (unpaired) electrons. The van der Waals surface area contributed by atoms with Gasteiger partial charge < -0.3 is 20.1 Å². The minimum Gasteiger partial charge on any atom is -0.507 e. The summed E-state index contributed by atoms with van der Waals surface area (Å²) < 4.78 is 5.52. The van der Waals surface area contributed by atoms with E-state index in [1.54, 1.807) is 6.92 Å². The molecule has 29 heavy (non-hydrogen) atoms. The Hall–Kier alpha value is -1.82. The number of aromatic hydroxyl groups is 2. The van der Waals surface area contributed by atoms with Crippen LogP contribution < -0.4 is 0 Å². The molecule has 2 rings (SSSR count). The molecule has 1 saturated heterocycles. The van der Waals surface area contributed by atoms with Crippen molar-refractivity contribution >= 4 is 17.9 Å². The van der Waals surface area contributed by atoms with Crippen LogP contribution in [0.3, 0.4) is 0 Å². The van der Waals surface area contributed by atoms with E-state index in [9.17, 15) is 20.1 Å². The molecule has 0 amide bonds. The summed E-state index contributed by atoms with van der Waals surface area (Å²) in [7, 11) is 0. The number of halogens is 1. The molecular formula is C23H31ClO5. The maximum absolute atomic E-state index is 11.2. The van der Waals surface area contributed by atoms with Gasteiger partial charge in [0.1, 0.15) is 11.5 Å². The molecule has 0 bridgehead atoms. The van der Waals surface area contributed by atoms with Crippen molar-refractivity contribution in [3.63, 3.8) is 0 Å². The number of aldehydes is 1. The highest BCUT2D eigenvalue weighted by Gasteiger charge is 2.48. The second kappa shape index (κ2) is 9.33. The lowest BCUT2D eigenvalue weighted by Gasteiger charge is -2.13. The third-order valence-electron chi connectivity index (χ3n) is 5.67. The van der Waals surface area contributed by atoms with Gasteiger partial charge in [-0.3, -0.25) is 4.79 Å². The van der Waals surface area contributed by atoms with Crippen molar-refractivity contribution in [2.75, 3.05) is 0 Å². The van der Waals surface area contributed by atoms with E-state index >= 15 is 0 Å². The number of aliphatic hydroxyl groups excluding tert-OH is 1. The number of carbonyl (C=O) groups excluding carboxylic acids is 1. The van der Waals surface area contributed by atoms with Gasteiger partial charge in [0.2, 0.25) is 0 Å². The van der Waals surface area contributed by atoms with Gasteiger partial charge in [0, 0.05) is 12.0 Å². The molecule has 1 aliphatic heterocycles. The van der Waals surface area contributed by atoms with Gasteiger partial charge in [0.05, 0.1) is 28.4 Å². The summed E-state index contributed by atoms with van der Waals surface area (Å²) in [5.41, 5.74) is 2.58. The van der Waals surface area contributed by atoms with E-state index < -0.39 is 6.10 Å². The van der Waals surface area contributed by atoms with Crippen molar-refractivity contribution in [2.45, 2.75) is 78.1 Å². The molecule has 0 aliphatic carbocycles. The number of epoxide rings is 1. The minimum absolute atomic E-state index is 0.0846. The molecule has 160 valence electrons. The largest absolute Gasteiger partial charge is 0.507 e. The number of benzene rings is 1. The Morgan fingerprint density at radius 1 is 1.24 bits per heavy atom. The molecule has 0 aromatic heterocycles. The number of phenols is 2. The first-order chi connectivity index (χ1) is 13.5. The second-order valence-electron chi connectivity index (χ2n) is 8.35. The van der Waals surface area contributed by atoms with Gasteiger partial charge in [0.25, 0.3) is 0 Å². The van der Waals surface area contributed by atoms with Gasteiger partial charge in [-0.2, -0.15) is 0 Å². The monoisotopic (exact) mass is 422 g/mol. The lowest BCUT2D eigenvalue weighted by molar-refractivity contribution is 0.112.